The Morgan fingerprint density at radius 1 is 1.20 bits per heavy atom. The van der Waals surface area contributed by atoms with E-state index >= 15 is 0 Å². The molecule has 0 aromatic carbocycles. The van der Waals surface area contributed by atoms with Crippen molar-refractivity contribution in [2.75, 3.05) is 13.2 Å². The van der Waals surface area contributed by atoms with Gasteiger partial charge in [0.2, 0.25) is 5.91 Å². The predicted octanol–water partition coefficient (Wildman–Crippen LogP) is 0.359. The monoisotopic (exact) mass is 282 g/mol. The highest BCUT2D eigenvalue weighted by Crippen LogP contribution is 2.08. The summed E-state index contributed by atoms with van der Waals surface area (Å²) in [5, 5.41) is 11.8. The van der Waals surface area contributed by atoms with Gasteiger partial charge < -0.3 is 10.4 Å². The Morgan fingerprint density at radius 3 is 2.35 bits per heavy atom. The number of nitrogens with zero attached hydrogens (tertiary/aromatic N) is 1. The number of rotatable bonds is 8. The number of imide groups is 1. The first-order chi connectivity index (χ1) is 9.35. The maximum absolute atomic E-state index is 11.6. The van der Waals surface area contributed by atoms with Crippen LogP contribution in [0.4, 0.5) is 0 Å². The number of nitrogens with one attached hydrogen (secondary N) is 1. The van der Waals surface area contributed by atoms with E-state index in [1.54, 1.807) is 13.8 Å². The lowest BCUT2D eigenvalue weighted by Crippen LogP contribution is -2.46. The van der Waals surface area contributed by atoms with Crippen molar-refractivity contribution in [1.29, 1.82) is 0 Å². The number of aliphatic hydroxyl groups is 1. The van der Waals surface area contributed by atoms with Crippen LogP contribution in [0, 0.1) is 0 Å². The van der Waals surface area contributed by atoms with E-state index < -0.39 is 5.54 Å². The van der Waals surface area contributed by atoms with Gasteiger partial charge in [0, 0.05) is 25.1 Å². The number of hydrogen-bond donors (Lipinski definition) is 2. The fraction of sp³-hybridized carbons (Fsp3) is 0.643. The van der Waals surface area contributed by atoms with Gasteiger partial charge in [-0.15, -0.1) is 0 Å². The number of amides is 3. The summed E-state index contributed by atoms with van der Waals surface area (Å²) in [7, 11) is 0. The van der Waals surface area contributed by atoms with Gasteiger partial charge in [-0.2, -0.15) is 0 Å². The molecule has 3 amide bonds. The summed E-state index contributed by atoms with van der Waals surface area (Å²) in [4.78, 5) is 35.3. The van der Waals surface area contributed by atoms with E-state index in [9.17, 15) is 14.4 Å². The zero-order valence-electron chi connectivity index (χ0n) is 12.0. The minimum Gasteiger partial charge on any atom is -0.394 e. The molecule has 0 spiro atoms. The number of aliphatic hydroxyl groups excluding tert-OH is 1. The van der Waals surface area contributed by atoms with Gasteiger partial charge in [-0.25, -0.2) is 0 Å². The highest BCUT2D eigenvalue weighted by molar-refractivity contribution is 6.12. The third kappa shape index (κ3) is 5.13. The second kappa shape index (κ2) is 7.19. The molecule has 0 aromatic heterocycles. The van der Waals surface area contributed by atoms with Gasteiger partial charge in [0.25, 0.3) is 11.8 Å². The van der Waals surface area contributed by atoms with E-state index in [0.29, 0.717) is 25.8 Å². The zero-order chi connectivity index (χ0) is 15.2. The zero-order valence-corrected chi connectivity index (χ0v) is 12.0. The molecule has 20 heavy (non-hydrogen) atoms. The maximum atomic E-state index is 11.6. The topological polar surface area (TPSA) is 86.7 Å². The molecule has 112 valence electrons. The SMILES string of the molecule is CC(C)(CO)NC(=O)CCCCCN1C(=O)C=CC1=O. The number of carbonyl (C=O) groups excluding carboxylic acids is 3. The third-order valence-corrected chi connectivity index (χ3v) is 3.06. The first kappa shape index (κ1) is 16.4. The first-order valence-corrected chi connectivity index (χ1v) is 6.81. The van der Waals surface area contributed by atoms with E-state index in [2.05, 4.69) is 5.32 Å². The number of carbonyl (C=O) groups is 3. The minimum atomic E-state index is -0.600. The van der Waals surface area contributed by atoms with Crippen LogP contribution < -0.4 is 5.32 Å². The van der Waals surface area contributed by atoms with Crippen molar-refractivity contribution in [2.24, 2.45) is 0 Å². The Hall–Kier alpha value is -1.69. The van der Waals surface area contributed by atoms with Crippen molar-refractivity contribution < 1.29 is 19.5 Å². The van der Waals surface area contributed by atoms with E-state index in [1.807, 2.05) is 0 Å². The van der Waals surface area contributed by atoms with Crippen LogP contribution in [0.1, 0.15) is 39.5 Å². The molecule has 0 radical (unpaired) electrons. The molecule has 6 nitrogen and oxygen atoms in total. The molecule has 0 fully saturated rings. The molecule has 0 saturated heterocycles. The third-order valence-electron chi connectivity index (χ3n) is 3.06. The van der Waals surface area contributed by atoms with Crippen molar-refractivity contribution in [3.05, 3.63) is 12.2 Å². The molecule has 1 aliphatic heterocycles. The molecular weight excluding hydrogens is 260 g/mol. The average molecular weight is 282 g/mol. The molecule has 0 atom stereocenters. The van der Waals surface area contributed by atoms with Crippen LogP contribution >= 0.6 is 0 Å². The highest BCUT2D eigenvalue weighted by Gasteiger charge is 2.22. The lowest BCUT2D eigenvalue weighted by molar-refractivity contribution is -0.137. The van der Waals surface area contributed by atoms with Crippen LogP contribution in [0.3, 0.4) is 0 Å². The summed E-state index contributed by atoms with van der Waals surface area (Å²) in [5.74, 6) is -0.631. The molecule has 0 saturated carbocycles. The molecule has 0 unspecified atom stereocenters. The second-order valence-corrected chi connectivity index (χ2v) is 5.56. The van der Waals surface area contributed by atoms with Crippen LogP contribution in [0.5, 0.6) is 0 Å². The van der Waals surface area contributed by atoms with Gasteiger partial charge in [0.1, 0.15) is 0 Å². The van der Waals surface area contributed by atoms with Crippen molar-refractivity contribution in [3.63, 3.8) is 0 Å². The van der Waals surface area contributed by atoms with E-state index in [4.69, 9.17) is 5.11 Å². The summed E-state index contributed by atoms with van der Waals surface area (Å²) in [6.45, 7) is 3.80. The van der Waals surface area contributed by atoms with Gasteiger partial charge in [0.05, 0.1) is 12.1 Å². The Bertz CT molecular complexity index is 397. The molecule has 6 heteroatoms. The smallest absolute Gasteiger partial charge is 0.253 e. The molecule has 1 heterocycles. The Labute approximate surface area is 118 Å². The largest absolute Gasteiger partial charge is 0.394 e. The standard InChI is InChI=1S/C14H22N2O4/c1-14(2,10-17)15-11(18)6-4-3-5-9-16-12(19)7-8-13(16)20/h7-8,17H,3-6,9-10H2,1-2H3,(H,15,18). The van der Waals surface area contributed by atoms with E-state index in [1.165, 1.54) is 17.1 Å². The van der Waals surface area contributed by atoms with E-state index in [0.717, 1.165) is 6.42 Å². The normalized spacial score (nSPS) is 15.1. The lowest BCUT2D eigenvalue weighted by Gasteiger charge is -2.23. The van der Waals surface area contributed by atoms with Crippen molar-refractivity contribution >= 4 is 17.7 Å². The molecule has 0 aliphatic carbocycles. The fourth-order valence-corrected chi connectivity index (χ4v) is 1.86. The Balaban J connectivity index is 2.12. The molecule has 2 N–H and O–H groups in total. The summed E-state index contributed by atoms with van der Waals surface area (Å²) >= 11 is 0. The van der Waals surface area contributed by atoms with Crippen LogP contribution in [0.25, 0.3) is 0 Å². The van der Waals surface area contributed by atoms with Crippen LogP contribution in [-0.2, 0) is 14.4 Å². The molecule has 1 rings (SSSR count). The summed E-state index contributed by atoms with van der Waals surface area (Å²) < 4.78 is 0. The Morgan fingerprint density at radius 2 is 1.80 bits per heavy atom. The minimum absolute atomic E-state index is 0.0981. The van der Waals surface area contributed by atoms with Crippen molar-refractivity contribution in [1.82, 2.24) is 10.2 Å². The first-order valence-electron chi connectivity index (χ1n) is 6.81. The molecule has 0 aromatic rings. The fourth-order valence-electron chi connectivity index (χ4n) is 1.86. The summed E-state index contributed by atoms with van der Waals surface area (Å²) in [6, 6.07) is 0. The molecule has 1 aliphatic rings. The highest BCUT2D eigenvalue weighted by atomic mass is 16.3. The second-order valence-electron chi connectivity index (χ2n) is 5.56. The predicted molar refractivity (Wildman–Crippen MR) is 73.6 cm³/mol. The van der Waals surface area contributed by atoms with Gasteiger partial charge in [-0.3, -0.25) is 19.3 Å². The van der Waals surface area contributed by atoms with Crippen LogP contribution in [0.2, 0.25) is 0 Å². The lowest BCUT2D eigenvalue weighted by atomic mass is 10.1. The van der Waals surface area contributed by atoms with Crippen LogP contribution in [0.15, 0.2) is 12.2 Å². The van der Waals surface area contributed by atoms with Crippen LogP contribution in [-0.4, -0.2) is 46.4 Å². The van der Waals surface area contributed by atoms with E-state index in [-0.39, 0.29) is 24.3 Å². The van der Waals surface area contributed by atoms with Gasteiger partial charge in [-0.1, -0.05) is 6.42 Å². The Kier molecular flexibility index (Phi) is 5.88. The van der Waals surface area contributed by atoms with Gasteiger partial charge in [-0.05, 0) is 26.7 Å². The van der Waals surface area contributed by atoms with Crippen molar-refractivity contribution in [3.8, 4) is 0 Å². The summed E-state index contributed by atoms with van der Waals surface area (Å²) in [6.07, 6.45) is 5.07. The van der Waals surface area contributed by atoms with Gasteiger partial charge >= 0.3 is 0 Å². The maximum Gasteiger partial charge on any atom is 0.253 e. The molecule has 0 bridgehead atoms. The number of unbranched alkanes of at least 4 members (excludes halogenated alkanes) is 2. The van der Waals surface area contributed by atoms with Gasteiger partial charge in [0.15, 0.2) is 0 Å². The summed E-state index contributed by atoms with van der Waals surface area (Å²) in [5.41, 5.74) is -0.600. The average Bonchev–Trinajstić information content (AvgIpc) is 2.69. The molecular formula is C14H22N2O4. The quantitative estimate of drug-likeness (QED) is 0.497. The van der Waals surface area contributed by atoms with Crippen molar-refractivity contribution in [2.45, 2.75) is 45.1 Å². The number of hydrogen-bond acceptors (Lipinski definition) is 4.